The smallest absolute Gasteiger partial charge is 0.258 e. The molecule has 1 saturated carbocycles. The predicted octanol–water partition coefficient (Wildman–Crippen LogP) is 2.08. The Morgan fingerprint density at radius 2 is 1.93 bits per heavy atom. The number of rotatable bonds is 3. The number of benzene rings is 1. The molecule has 1 aromatic carbocycles. The highest BCUT2D eigenvalue weighted by molar-refractivity contribution is 6.39. The first-order chi connectivity index (χ1) is 13.5. The van der Waals surface area contributed by atoms with Crippen LogP contribution in [0, 0.1) is 0 Å². The molecule has 6 nitrogen and oxygen atoms in total. The molecule has 3 aromatic rings. The second kappa shape index (κ2) is 6.24. The number of fused-ring (bicyclic) bond motifs is 3. The Kier molecular flexibility index (Phi) is 3.91. The third kappa shape index (κ3) is 2.76. The number of H-pyrrole nitrogens is 1. The van der Waals surface area contributed by atoms with E-state index >= 15 is 0 Å². The van der Waals surface area contributed by atoms with Crippen molar-refractivity contribution >= 4 is 57.9 Å². The first kappa shape index (κ1) is 17.6. The minimum absolute atomic E-state index is 0.195. The van der Waals surface area contributed by atoms with Crippen molar-refractivity contribution in [2.24, 2.45) is 0 Å². The second-order valence-corrected chi connectivity index (χ2v) is 7.90. The monoisotopic (exact) mass is 414 g/mol. The average Bonchev–Trinajstić information content (AvgIpc) is 3.43. The Morgan fingerprint density at radius 3 is 2.64 bits per heavy atom. The van der Waals surface area contributed by atoms with E-state index < -0.39 is 5.60 Å². The van der Waals surface area contributed by atoms with Gasteiger partial charge < -0.3 is 20.7 Å². The van der Waals surface area contributed by atoms with Crippen LogP contribution >= 0.6 is 23.2 Å². The van der Waals surface area contributed by atoms with Gasteiger partial charge in [0.2, 0.25) is 0 Å². The lowest BCUT2D eigenvalue weighted by atomic mass is 10.1. The van der Waals surface area contributed by atoms with Crippen LogP contribution in [0.25, 0.3) is 23.2 Å². The molecule has 0 unspecified atom stereocenters. The molecule has 0 radical (unpaired) electrons. The van der Waals surface area contributed by atoms with Gasteiger partial charge in [0.15, 0.2) is 0 Å². The number of pyridine rings is 2. The molecule has 3 heterocycles. The number of anilines is 2. The quantitative estimate of drug-likeness (QED) is 0.526. The minimum atomic E-state index is -0.818. The van der Waals surface area contributed by atoms with Crippen molar-refractivity contribution in [2.75, 3.05) is 11.9 Å². The summed E-state index contributed by atoms with van der Waals surface area (Å²) in [7, 11) is 0. The average molecular weight is 415 g/mol. The lowest BCUT2D eigenvalue weighted by Gasteiger charge is -2.16. The predicted molar refractivity (Wildman–Crippen MR) is 111 cm³/mol. The maximum atomic E-state index is 12.3. The standard InChI is InChI=1S/C20H16Cl2N4O2/c21-13-7-10(20(28)3-4-20)8-14(22)17(13)26-18-11-1-5-23-9-12(11)16-15(25-18)2-6-24-19(16)27/h1-2,6-9,23,28H,3-5H2,(H,24,27)(H,25,26). The van der Waals surface area contributed by atoms with Crippen LogP contribution in [0.3, 0.4) is 0 Å². The Hall–Kier alpha value is -2.54. The fourth-order valence-corrected chi connectivity index (χ4v) is 4.11. The normalized spacial score (nSPS) is 16.5. The van der Waals surface area contributed by atoms with E-state index in [4.69, 9.17) is 23.2 Å². The second-order valence-electron chi connectivity index (χ2n) is 7.08. The summed E-state index contributed by atoms with van der Waals surface area (Å²) in [4.78, 5) is 19.7. The van der Waals surface area contributed by atoms with E-state index in [1.165, 1.54) is 0 Å². The molecule has 1 aliphatic carbocycles. The van der Waals surface area contributed by atoms with Gasteiger partial charge in [0.25, 0.3) is 5.56 Å². The van der Waals surface area contributed by atoms with Crippen molar-refractivity contribution in [3.05, 3.63) is 60.8 Å². The molecule has 0 bridgehead atoms. The molecule has 8 heteroatoms. The number of aliphatic hydroxyl groups is 1. The van der Waals surface area contributed by atoms with E-state index in [0.29, 0.717) is 51.8 Å². The molecule has 4 N–H and O–H groups in total. The van der Waals surface area contributed by atoms with Gasteiger partial charge in [0, 0.05) is 29.4 Å². The van der Waals surface area contributed by atoms with E-state index in [0.717, 1.165) is 16.0 Å². The summed E-state index contributed by atoms with van der Waals surface area (Å²) >= 11 is 12.9. The van der Waals surface area contributed by atoms with Crippen LogP contribution in [0.15, 0.2) is 29.2 Å². The van der Waals surface area contributed by atoms with Crippen molar-refractivity contribution in [2.45, 2.75) is 18.4 Å². The highest BCUT2D eigenvalue weighted by atomic mass is 35.5. The summed E-state index contributed by atoms with van der Waals surface area (Å²) in [6.45, 7) is 0.618. The van der Waals surface area contributed by atoms with E-state index in [2.05, 4.69) is 20.6 Å². The van der Waals surface area contributed by atoms with Crippen molar-refractivity contribution in [1.82, 2.24) is 15.3 Å². The SMILES string of the molecule is O=c1[nH]ccc2nc(Nc3c(Cl)cc(C4(O)CC4)cc3Cl)c3c(c12)=CNCC=3. The summed E-state index contributed by atoms with van der Waals surface area (Å²) < 4.78 is 0. The van der Waals surface area contributed by atoms with Crippen LogP contribution < -0.4 is 26.6 Å². The van der Waals surface area contributed by atoms with Gasteiger partial charge in [-0.15, -0.1) is 0 Å². The summed E-state index contributed by atoms with van der Waals surface area (Å²) in [6, 6.07) is 5.22. The number of nitrogens with one attached hydrogen (secondary N) is 3. The van der Waals surface area contributed by atoms with Crippen LogP contribution in [0.2, 0.25) is 10.0 Å². The van der Waals surface area contributed by atoms with E-state index in [9.17, 15) is 9.90 Å². The van der Waals surface area contributed by atoms with Crippen molar-refractivity contribution in [1.29, 1.82) is 0 Å². The van der Waals surface area contributed by atoms with Crippen molar-refractivity contribution in [3.8, 4) is 0 Å². The van der Waals surface area contributed by atoms with Crippen LogP contribution in [0.1, 0.15) is 18.4 Å². The molecule has 2 aliphatic rings. The fraction of sp³-hybridized carbons (Fsp3) is 0.200. The highest BCUT2D eigenvalue weighted by Crippen LogP contribution is 2.48. The van der Waals surface area contributed by atoms with E-state index in [1.807, 2.05) is 12.3 Å². The molecule has 1 fully saturated rings. The largest absolute Gasteiger partial charge is 0.387 e. The molecule has 5 rings (SSSR count). The van der Waals surface area contributed by atoms with Gasteiger partial charge in [0.05, 0.1) is 32.2 Å². The number of nitrogens with zero attached hydrogens (tertiary/aromatic N) is 1. The van der Waals surface area contributed by atoms with Gasteiger partial charge in [-0.2, -0.15) is 0 Å². The Labute approximate surface area is 169 Å². The molecular formula is C20H16Cl2N4O2. The fourth-order valence-electron chi connectivity index (χ4n) is 3.52. The van der Waals surface area contributed by atoms with Gasteiger partial charge in [-0.3, -0.25) is 4.79 Å². The van der Waals surface area contributed by atoms with Crippen molar-refractivity contribution < 1.29 is 5.11 Å². The Bertz CT molecular complexity index is 1290. The minimum Gasteiger partial charge on any atom is -0.387 e. The van der Waals surface area contributed by atoms with Crippen molar-refractivity contribution in [3.63, 3.8) is 0 Å². The summed E-state index contributed by atoms with van der Waals surface area (Å²) in [5.74, 6) is 0.563. The van der Waals surface area contributed by atoms with Gasteiger partial charge in [-0.1, -0.05) is 29.3 Å². The molecule has 0 amide bonds. The molecule has 142 valence electrons. The Balaban J connectivity index is 1.69. The number of halogens is 2. The molecule has 1 aliphatic heterocycles. The van der Waals surface area contributed by atoms with Gasteiger partial charge in [-0.05, 0) is 36.6 Å². The lowest BCUT2D eigenvalue weighted by molar-refractivity contribution is 0.151. The number of hydrogen-bond donors (Lipinski definition) is 4. The maximum absolute atomic E-state index is 12.3. The first-order valence-corrected chi connectivity index (χ1v) is 9.66. The zero-order valence-electron chi connectivity index (χ0n) is 14.6. The summed E-state index contributed by atoms with van der Waals surface area (Å²) in [5, 5.41) is 19.6. The number of aromatic nitrogens is 2. The van der Waals surface area contributed by atoms with Crippen LogP contribution in [-0.4, -0.2) is 21.6 Å². The van der Waals surface area contributed by atoms with Gasteiger partial charge >= 0.3 is 0 Å². The molecule has 28 heavy (non-hydrogen) atoms. The van der Waals surface area contributed by atoms with Crippen LogP contribution in [0.4, 0.5) is 11.5 Å². The third-order valence-electron chi connectivity index (χ3n) is 5.20. The zero-order valence-corrected chi connectivity index (χ0v) is 16.2. The summed E-state index contributed by atoms with van der Waals surface area (Å²) in [5.41, 5.74) is 0.787. The van der Waals surface area contributed by atoms with Gasteiger partial charge in [-0.25, -0.2) is 4.98 Å². The van der Waals surface area contributed by atoms with E-state index in [-0.39, 0.29) is 5.56 Å². The molecule has 0 spiro atoms. The number of aromatic amines is 1. The lowest BCUT2D eigenvalue weighted by Crippen LogP contribution is -2.38. The molecular weight excluding hydrogens is 399 g/mol. The van der Waals surface area contributed by atoms with Crippen LogP contribution in [0.5, 0.6) is 0 Å². The Morgan fingerprint density at radius 1 is 1.18 bits per heavy atom. The molecule has 0 saturated heterocycles. The molecule has 0 atom stereocenters. The summed E-state index contributed by atoms with van der Waals surface area (Å²) in [6.07, 6.45) is 6.75. The first-order valence-electron chi connectivity index (χ1n) is 8.90. The topological polar surface area (TPSA) is 90.0 Å². The van der Waals surface area contributed by atoms with Gasteiger partial charge in [0.1, 0.15) is 5.82 Å². The highest BCUT2D eigenvalue weighted by Gasteiger charge is 2.42. The maximum Gasteiger partial charge on any atom is 0.258 e. The number of hydrogen-bond acceptors (Lipinski definition) is 5. The zero-order chi connectivity index (χ0) is 19.5. The molecule has 2 aromatic heterocycles. The van der Waals surface area contributed by atoms with Crippen LogP contribution in [-0.2, 0) is 5.60 Å². The third-order valence-corrected chi connectivity index (χ3v) is 5.80. The van der Waals surface area contributed by atoms with E-state index in [1.54, 1.807) is 24.4 Å².